The Balaban J connectivity index is 3.09. The van der Waals surface area contributed by atoms with Crippen LogP contribution in [0.5, 0.6) is 0 Å². The van der Waals surface area contributed by atoms with E-state index in [0.29, 0.717) is 0 Å². The molecule has 0 aliphatic carbocycles. The molecule has 0 radical (unpaired) electrons. The van der Waals surface area contributed by atoms with Crippen molar-refractivity contribution in [3.8, 4) is 0 Å². The van der Waals surface area contributed by atoms with Crippen LogP contribution in [-0.4, -0.2) is 19.4 Å². The van der Waals surface area contributed by atoms with Crippen LogP contribution in [0.25, 0.3) is 0 Å². The van der Waals surface area contributed by atoms with Crippen molar-refractivity contribution in [1.29, 1.82) is 0 Å². The van der Waals surface area contributed by atoms with Crippen molar-refractivity contribution in [1.82, 2.24) is 9.71 Å². The van der Waals surface area contributed by atoms with Gasteiger partial charge in [-0.25, -0.2) is 18.1 Å². The Morgan fingerprint density at radius 3 is 2.38 bits per heavy atom. The van der Waals surface area contributed by atoms with Gasteiger partial charge in [0, 0.05) is 12.2 Å². The Morgan fingerprint density at radius 2 is 1.88 bits per heavy atom. The topological polar surface area (TPSA) is 59.1 Å². The lowest BCUT2D eigenvalue weighted by atomic mass is 10.1. The number of nitrogens with one attached hydrogen (secondary N) is 1. The summed E-state index contributed by atoms with van der Waals surface area (Å²) in [5.74, 6) is 0.288. The summed E-state index contributed by atoms with van der Waals surface area (Å²) in [5.41, 5.74) is 0.971. The van der Waals surface area contributed by atoms with Crippen LogP contribution in [0.1, 0.15) is 39.2 Å². The van der Waals surface area contributed by atoms with Crippen molar-refractivity contribution in [3.63, 3.8) is 0 Å². The van der Waals surface area contributed by atoms with E-state index in [1.807, 2.05) is 19.9 Å². The quantitative estimate of drug-likeness (QED) is 0.877. The second-order valence-corrected chi connectivity index (χ2v) is 6.02. The first-order chi connectivity index (χ1) is 7.33. The second-order valence-electron chi connectivity index (χ2n) is 4.36. The summed E-state index contributed by atoms with van der Waals surface area (Å²) in [6, 6.07) is 3.32. The van der Waals surface area contributed by atoms with E-state index in [0.717, 1.165) is 5.56 Å². The van der Waals surface area contributed by atoms with Gasteiger partial charge in [-0.3, -0.25) is 0 Å². The van der Waals surface area contributed by atoms with Gasteiger partial charge in [-0.1, -0.05) is 13.8 Å². The molecule has 0 atom stereocenters. The molecular formula is C11H18N2O2S. The van der Waals surface area contributed by atoms with Crippen LogP contribution in [0, 0.1) is 0 Å². The molecule has 0 fully saturated rings. The molecule has 0 amide bonds. The molecule has 0 aliphatic rings. The molecule has 16 heavy (non-hydrogen) atoms. The monoisotopic (exact) mass is 242 g/mol. The minimum absolute atomic E-state index is 0.0902. The molecular weight excluding hydrogens is 224 g/mol. The summed E-state index contributed by atoms with van der Waals surface area (Å²) >= 11 is 0. The predicted octanol–water partition coefficient (Wildman–Crippen LogP) is 1.89. The van der Waals surface area contributed by atoms with Crippen molar-refractivity contribution >= 4 is 10.0 Å². The van der Waals surface area contributed by atoms with E-state index in [4.69, 9.17) is 0 Å². The van der Waals surface area contributed by atoms with Gasteiger partial charge >= 0.3 is 0 Å². The average Bonchev–Trinajstić information content (AvgIpc) is 2.16. The summed E-state index contributed by atoms with van der Waals surface area (Å²) in [6.45, 7) is 7.59. The van der Waals surface area contributed by atoms with E-state index >= 15 is 0 Å². The first-order valence-electron chi connectivity index (χ1n) is 5.31. The van der Waals surface area contributed by atoms with Gasteiger partial charge < -0.3 is 0 Å². The molecule has 1 heterocycles. The van der Waals surface area contributed by atoms with Crippen LogP contribution in [0.2, 0.25) is 0 Å². The number of rotatable bonds is 4. The van der Waals surface area contributed by atoms with Gasteiger partial charge in [-0.05, 0) is 37.5 Å². The fourth-order valence-corrected chi connectivity index (χ4v) is 2.53. The normalized spacial score (nSPS) is 12.4. The van der Waals surface area contributed by atoms with Crippen molar-refractivity contribution in [2.24, 2.45) is 0 Å². The van der Waals surface area contributed by atoms with Crippen molar-refractivity contribution in [2.75, 3.05) is 0 Å². The Labute approximate surface area is 97.2 Å². The van der Waals surface area contributed by atoms with E-state index < -0.39 is 10.0 Å². The van der Waals surface area contributed by atoms with E-state index in [-0.39, 0.29) is 17.0 Å². The van der Waals surface area contributed by atoms with Crippen molar-refractivity contribution in [2.45, 2.75) is 44.7 Å². The zero-order valence-electron chi connectivity index (χ0n) is 10.1. The van der Waals surface area contributed by atoms with Crippen LogP contribution >= 0.6 is 0 Å². The van der Waals surface area contributed by atoms with E-state index in [9.17, 15) is 8.42 Å². The highest BCUT2D eigenvalue weighted by Gasteiger charge is 2.17. The van der Waals surface area contributed by atoms with Crippen LogP contribution in [-0.2, 0) is 10.0 Å². The third kappa shape index (κ3) is 3.28. The summed E-state index contributed by atoms with van der Waals surface area (Å²) in [7, 11) is -3.48. The fraction of sp³-hybridized carbons (Fsp3) is 0.545. The third-order valence-corrected chi connectivity index (χ3v) is 3.65. The SMILES string of the molecule is CC(C)NS(=O)(=O)c1cc(C(C)C)ccn1. The summed E-state index contributed by atoms with van der Waals surface area (Å²) in [4.78, 5) is 3.90. The number of sulfonamides is 1. The van der Waals surface area contributed by atoms with Crippen LogP contribution in [0.15, 0.2) is 23.4 Å². The Hall–Kier alpha value is -0.940. The molecule has 1 aromatic rings. The van der Waals surface area contributed by atoms with Crippen molar-refractivity contribution < 1.29 is 8.42 Å². The van der Waals surface area contributed by atoms with E-state index in [1.54, 1.807) is 19.9 Å². The molecule has 0 saturated carbocycles. The molecule has 0 saturated heterocycles. The largest absolute Gasteiger partial charge is 0.258 e. The molecule has 1 aromatic heterocycles. The Morgan fingerprint density at radius 1 is 1.25 bits per heavy atom. The first-order valence-corrected chi connectivity index (χ1v) is 6.79. The predicted molar refractivity (Wildman–Crippen MR) is 63.8 cm³/mol. The maximum Gasteiger partial charge on any atom is 0.258 e. The first kappa shape index (κ1) is 13.1. The molecule has 5 heteroatoms. The molecule has 4 nitrogen and oxygen atoms in total. The summed E-state index contributed by atoms with van der Waals surface area (Å²) < 4.78 is 26.2. The minimum atomic E-state index is -3.48. The highest BCUT2D eigenvalue weighted by molar-refractivity contribution is 7.89. The van der Waals surface area contributed by atoms with E-state index in [2.05, 4.69) is 9.71 Å². The van der Waals surface area contributed by atoms with Gasteiger partial charge in [0.25, 0.3) is 10.0 Å². The highest BCUT2D eigenvalue weighted by Crippen LogP contribution is 2.16. The molecule has 0 aromatic carbocycles. The smallest absolute Gasteiger partial charge is 0.243 e. The number of aromatic nitrogens is 1. The average molecular weight is 242 g/mol. The molecule has 90 valence electrons. The number of pyridine rings is 1. The zero-order chi connectivity index (χ0) is 12.3. The zero-order valence-corrected chi connectivity index (χ0v) is 10.9. The molecule has 0 unspecified atom stereocenters. The van der Waals surface area contributed by atoms with Gasteiger partial charge in [0.2, 0.25) is 0 Å². The Kier molecular flexibility index (Phi) is 4.04. The van der Waals surface area contributed by atoms with Gasteiger partial charge in [0.05, 0.1) is 0 Å². The van der Waals surface area contributed by atoms with E-state index in [1.165, 1.54) is 6.20 Å². The lowest BCUT2D eigenvalue weighted by molar-refractivity contribution is 0.565. The lowest BCUT2D eigenvalue weighted by Gasteiger charge is -2.10. The maximum absolute atomic E-state index is 11.8. The van der Waals surface area contributed by atoms with Crippen molar-refractivity contribution in [3.05, 3.63) is 23.9 Å². The van der Waals surface area contributed by atoms with Gasteiger partial charge in [-0.15, -0.1) is 0 Å². The van der Waals surface area contributed by atoms with Gasteiger partial charge in [0.15, 0.2) is 5.03 Å². The lowest BCUT2D eigenvalue weighted by Crippen LogP contribution is -2.30. The minimum Gasteiger partial charge on any atom is -0.243 e. The van der Waals surface area contributed by atoms with Crippen LogP contribution in [0.3, 0.4) is 0 Å². The van der Waals surface area contributed by atoms with Crippen LogP contribution < -0.4 is 4.72 Å². The highest BCUT2D eigenvalue weighted by atomic mass is 32.2. The molecule has 1 rings (SSSR count). The van der Waals surface area contributed by atoms with Gasteiger partial charge in [-0.2, -0.15) is 0 Å². The fourth-order valence-electron chi connectivity index (χ4n) is 1.30. The van der Waals surface area contributed by atoms with Crippen LogP contribution in [0.4, 0.5) is 0 Å². The summed E-state index contributed by atoms with van der Waals surface area (Å²) in [5, 5.41) is 0.0902. The summed E-state index contributed by atoms with van der Waals surface area (Å²) in [6.07, 6.45) is 1.53. The molecule has 1 N–H and O–H groups in total. The standard InChI is InChI=1S/C11H18N2O2S/c1-8(2)10-5-6-12-11(7-10)16(14,15)13-9(3)4/h5-9,13H,1-4H3. The molecule has 0 bridgehead atoms. The molecule has 0 aliphatic heterocycles. The number of hydrogen-bond donors (Lipinski definition) is 1. The molecule has 0 spiro atoms. The van der Waals surface area contributed by atoms with Gasteiger partial charge in [0.1, 0.15) is 0 Å². The third-order valence-electron chi connectivity index (χ3n) is 2.09. The second kappa shape index (κ2) is 4.93. The maximum atomic E-state index is 11.8. The number of nitrogens with zero attached hydrogens (tertiary/aromatic N) is 1. The number of hydrogen-bond acceptors (Lipinski definition) is 3. The Bertz CT molecular complexity index is 453.